The van der Waals surface area contributed by atoms with Crippen LogP contribution in [0.1, 0.15) is 55.3 Å². The third kappa shape index (κ3) is 2.94. The van der Waals surface area contributed by atoms with Gasteiger partial charge in [0, 0.05) is 30.6 Å². The Kier molecular flexibility index (Phi) is 4.07. The van der Waals surface area contributed by atoms with Crippen LogP contribution >= 0.6 is 0 Å². The van der Waals surface area contributed by atoms with Gasteiger partial charge < -0.3 is 10.2 Å². The van der Waals surface area contributed by atoms with Gasteiger partial charge in [0.05, 0.1) is 0 Å². The maximum Gasteiger partial charge on any atom is 0.251 e. The molecule has 1 spiro atoms. The first kappa shape index (κ1) is 15.7. The molecule has 3 aliphatic rings. The van der Waals surface area contributed by atoms with Crippen LogP contribution in [0.5, 0.6) is 0 Å². The number of rotatable bonds is 3. The number of likely N-dealkylation sites (tertiary alicyclic amines) is 1. The standard InChI is InChI=1S/C20H26N2O2/c23-18(15-6-2-1-3-7-15)21-17-14-20(17)10-12-22(13-11-20)19(24)16-8-4-5-9-16/h1-3,6-7,16-17H,4-5,8-14H2,(H,21,23). The minimum Gasteiger partial charge on any atom is -0.349 e. The Morgan fingerprint density at radius 2 is 1.71 bits per heavy atom. The van der Waals surface area contributed by atoms with Crippen molar-refractivity contribution in [2.24, 2.45) is 11.3 Å². The molecule has 4 nitrogen and oxygen atoms in total. The summed E-state index contributed by atoms with van der Waals surface area (Å²) in [7, 11) is 0. The van der Waals surface area contributed by atoms with Crippen molar-refractivity contribution in [2.45, 2.75) is 51.0 Å². The predicted molar refractivity (Wildman–Crippen MR) is 92.5 cm³/mol. The second-order valence-corrected chi connectivity index (χ2v) is 7.77. The van der Waals surface area contributed by atoms with Gasteiger partial charge in [-0.2, -0.15) is 0 Å². The molecular weight excluding hydrogens is 300 g/mol. The van der Waals surface area contributed by atoms with Crippen molar-refractivity contribution in [3.8, 4) is 0 Å². The number of nitrogens with zero attached hydrogens (tertiary/aromatic N) is 1. The van der Waals surface area contributed by atoms with E-state index in [4.69, 9.17) is 0 Å². The van der Waals surface area contributed by atoms with Crippen LogP contribution < -0.4 is 5.32 Å². The van der Waals surface area contributed by atoms with Crippen LogP contribution in [0.3, 0.4) is 0 Å². The molecule has 1 aromatic rings. The van der Waals surface area contributed by atoms with Crippen molar-refractivity contribution in [3.63, 3.8) is 0 Å². The van der Waals surface area contributed by atoms with E-state index in [-0.39, 0.29) is 23.3 Å². The second kappa shape index (κ2) is 6.23. The summed E-state index contributed by atoms with van der Waals surface area (Å²) in [6, 6.07) is 9.71. The summed E-state index contributed by atoms with van der Waals surface area (Å²) in [5.41, 5.74) is 0.977. The minimum atomic E-state index is 0.0296. The first-order valence-electron chi connectivity index (χ1n) is 9.33. The van der Waals surface area contributed by atoms with E-state index in [9.17, 15) is 9.59 Å². The molecule has 24 heavy (non-hydrogen) atoms. The third-order valence-corrected chi connectivity index (χ3v) is 6.31. The highest BCUT2D eigenvalue weighted by molar-refractivity contribution is 5.94. The highest BCUT2D eigenvalue weighted by Gasteiger charge is 2.56. The number of nitrogens with one attached hydrogen (secondary N) is 1. The summed E-state index contributed by atoms with van der Waals surface area (Å²) in [5, 5.41) is 3.19. The van der Waals surface area contributed by atoms with Gasteiger partial charge in [-0.3, -0.25) is 9.59 Å². The summed E-state index contributed by atoms with van der Waals surface area (Å²) >= 11 is 0. The number of carbonyl (C=O) groups is 2. The molecule has 2 saturated carbocycles. The van der Waals surface area contributed by atoms with E-state index in [0.29, 0.717) is 5.91 Å². The van der Waals surface area contributed by atoms with Gasteiger partial charge in [-0.25, -0.2) is 0 Å². The average molecular weight is 326 g/mol. The van der Waals surface area contributed by atoms with E-state index in [2.05, 4.69) is 10.2 Å². The fraction of sp³-hybridized carbons (Fsp3) is 0.600. The maximum absolute atomic E-state index is 12.5. The van der Waals surface area contributed by atoms with Crippen LogP contribution in [0.2, 0.25) is 0 Å². The van der Waals surface area contributed by atoms with Gasteiger partial charge >= 0.3 is 0 Å². The van der Waals surface area contributed by atoms with Crippen LogP contribution in [0.25, 0.3) is 0 Å². The first-order valence-corrected chi connectivity index (χ1v) is 9.33. The van der Waals surface area contributed by atoms with Gasteiger partial charge in [0.2, 0.25) is 5.91 Å². The zero-order chi connectivity index (χ0) is 16.6. The highest BCUT2D eigenvalue weighted by atomic mass is 16.2. The lowest BCUT2D eigenvalue weighted by atomic mass is 9.91. The van der Waals surface area contributed by atoms with E-state index in [1.165, 1.54) is 12.8 Å². The van der Waals surface area contributed by atoms with Crippen molar-refractivity contribution in [1.29, 1.82) is 0 Å². The summed E-state index contributed by atoms with van der Waals surface area (Å²) in [5.74, 6) is 0.696. The van der Waals surface area contributed by atoms with Crippen LogP contribution in [-0.4, -0.2) is 35.8 Å². The number of benzene rings is 1. The molecule has 2 amide bonds. The van der Waals surface area contributed by atoms with E-state index in [0.717, 1.165) is 50.8 Å². The summed E-state index contributed by atoms with van der Waals surface area (Å²) in [6.45, 7) is 1.74. The average Bonchev–Trinajstić information content (AvgIpc) is 3.03. The summed E-state index contributed by atoms with van der Waals surface area (Å²) in [4.78, 5) is 26.9. The minimum absolute atomic E-state index is 0.0296. The van der Waals surface area contributed by atoms with Gasteiger partial charge in [-0.1, -0.05) is 31.0 Å². The largest absolute Gasteiger partial charge is 0.349 e. The molecule has 0 radical (unpaired) electrons. The van der Waals surface area contributed by atoms with Gasteiger partial charge in [0.15, 0.2) is 0 Å². The maximum atomic E-state index is 12.5. The summed E-state index contributed by atoms with van der Waals surface area (Å²) in [6.07, 6.45) is 7.71. The Morgan fingerprint density at radius 1 is 1.04 bits per heavy atom. The molecule has 128 valence electrons. The topological polar surface area (TPSA) is 49.4 Å². The summed E-state index contributed by atoms with van der Waals surface area (Å²) < 4.78 is 0. The Balaban J connectivity index is 1.29. The molecule has 0 aromatic heterocycles. The smallest absolute Gasteiger partial charge is 0.251 e. The predicted octanol–water partition coefficient (Wildman–Crippen LogP) is 2.99. The molecule has 2 aliphatic carbocycles. The molecule has 3 fully saturated rings. The molecule has 1 aliphatic heterocycles. The monoisotopic (exact) mass is 326 g/mol. The fourth-order valence-corrected chi connectivity index (χ4v) is 4.54. The highest BCUT2D eigenvalue weighted by Crippen LogP contribution is 2.54. The fourth-order valence-electron chi connectivity index (χ4n) is 4.54. The zero-order valence-corrected chi connectivity index (χ0v) is 14.2. The molecule has 1 heterocycles. The second-order valence-electron chi connectivity index (χ2n) is 7.77. The molecule has 1 unspecified atom stereocenters. The lowest BCUT2D eigenvalue weighted by molar-refractivity contribution is -0.137. The van der Waals surface area contributed by atoms with Gasteiger partial charge in [0.25, 0.3) is 5.91 Å². The zero-order valence-electron chi connectivity index (χ0n) is 14.2. The van der Waals surface area contributed by atoms with Crippen molar-refractivity contribution < 1.29 is 9.59 Å². The molecule has 1 atom stereocenters. The molecule has 1 saturated heterocycles. The Labute approximate surface area is 143 Å². The lowest BCUT2D eigenvalue weighted by Gasteiger charge is -2.34. The molecule has 0 bridgehead atoms. The molecular formula is C20H26N2O2. The van der Waals surface area contributed by atoms with Crippen LogP contribution in [0.4, 0.5) is 0 Å². The lowest BCUT2D eigenvalue weighted by Crippen LogP contribution is -2.43. The molecule has 1 aromatic carbocycles. The first-order chi connectivity index (χ1) is 11.7. The van der Waals surface area contributed by atoms with Crippen LogP contribution in [0.15, 0.2) is 30.3 Å². The van der Waals surface area contributed by atoms with Crippen molar-refractivity contribution in [2.75, 3.05) is 13.1 Å². The van der Waals surface area contributed by atoms with E-state index in [1.807, 2.05) is 30.3 Å². The SMILES string of the molecule is O=C(NC1CC12CCN(C(=O)C1CCCC1)CC2)c1ccccc1. The van der Waals surface area contributed by atoms with Gasteiger partial charge in [-0.15, -0.1) is 0 Å². The quantitative estimate of drug-likeness (QED) is 0.928. The van der Waals surface area contributed by atoms with Gasteiger partial charge in [-0.05, 0) is 49.7 Å². The molecule has 4 rings (SSSR count). The normalized spacial score (nSPS) is 25.7. The number of amides is 2. The van der Waals surface area contributed by atoms with E-state index in [1.54, 1.807) is 0 Å². The number of carbonyl (C=O) groups excluding carboxylic acids is 2. The van der Waals surface area contributed by atoms with Crippen molar-refractivity contribution in [3.05, 3.63) is 35.9 Å². The number of piperidine rings is 1. The Bertz CT molecular complexity index is 614. The van der Waals surface area contributed by atoms with E-state index < -0.39 is 0 Å². The van der Waals surface area contributed by atoms with Crippen LogP contribution in [-0.2, 0) is 4.79 Å². The number of hydrogen-bond donors (Lipinski definition) is 1. The molecule has 4 heteroatoms. The third-order valence-electron chi connectivity index (χ3n) is 6.31. The Hall–Kier alpha value is -1.84. The number of hydrogen-bond acceptors (Lipinski definition) is 2. The van der Waals surface area contributed by atoms with E-state index >= 15 is 0 Å². The molecule has 1 N–H and O–H groups in total. The van der Waals surface area contributed by atoms with Crippen molar-refractivity contribution in [1.82, 2.24) is 10.2 Å². The van der Waals surface area contributed by atoms with Crippen molar-refractivity contribution >= 4 is 11.8 Å². The Morgan fingerprint density at radius 3 is 2.38 bits per heavy atom. The van der Waals surface area contributed by atoms with Gasteiger partial charge in [0.1, 0.15) is 0 Å². The van der Waals surface area contributed by atoms with Crippen LogP contribution in [0, 0.1) is 11.3 Å².